The van der Waals surface area contributed by atoms with Gasteiger partial charge >= 0.3 is 5.97 Å². The number of esters is 1. The predicted molar refractivity (Wildman–Crippen MR) is 94.4 cm³/mol. The largest absolute Gasteiger partial charge is 0.465 e. The molecule has 4 heteroatoms. The lowest BCUT2D eigenvalue weighted by atomic mass is 10.1. The van der Waals surface area contributed by atoms with E-state index in [1.54, 1.807) is 0 Å². The second-order valence-electron chi connectivity index (χ2n) is 6.34. The van der Waals surface area contributed by atoms with Crippen LogP contribution >= 0.6 is 0 Å². The molecule has 3 aromatic rings. The van der Waals surface area contributed by atoms with E-state index in [2.05, 4.69) is 28.8 Å². The molecule has 1 fully saturated rings. The van der Waals surface area contributed by atoms with Crippen LogP contribution in [0, 0.1) is 0 Å². The van der Waals surface area contributed by atoms with Crippen molar-refractivity contribution in [1.82, 2.24) is 4.57 Å². The Balaban J connectivity index is 1.87. The standard InChI is InChI=1S/C20H21NO3/c1-23-20(22)14-9-10-17-16-7-2-3-8-18(16)21(19(17)12-14)13-15-6-4-5-11-24-15/h2-3,7-10,12,15H,4-6,11,13H2,1H3. The molecule has 0 N–H and O–H groups in total. The Hall–Kier alpha value is -2.33. The van der Waals surface area contributed by atoms with Crippen LogP contribution in [-0.4, -0.2) is 30.4 Å². The molecule has 1 aromatic heterocycles. The van der Waals surface area contributed by atoms with Crippen LogP contribution < -0.4 is 0 Å². The Morgan fingerprint density at radius 1 is 1.17 bits per heavy atom. The third kappa shape index (κ3) is 2.57. The zero-order chi connectivity index (χ0) is 16.5. The van der Waals surface area contributed by atoms with Gasteiger partial charge in [-0.2, -0.15) is 0 Å². The number of ether oxygens (including phenoxy) is 2. The van der Waals surface area contributed by atoms with Crippen molar-refractivity contribution in [2.24, 2.45) is 0 Å². The third-order valence-corrected chi connectivity index (χ3v) is 4.85. The second-order valence-corrected chi connectivity index (χ2v) is 6.34. The molecule has 0 spiro atoms. The summed E-state index contributed by atoms with van der Waals surface area (Å²) in [6.07, 6.45) is 3.69. The van der Waals surface area contributed by atoms with Crippen LogP contribution in [0.2, 0.25) is 0 Å². The molecule has 1 aliphatic heterocycles. The van der Waals surface area contributed by atoms with Crippen molar-refractivity contribution >= 4 is 27.8 Å². The molecule has 0 aliphatic carbocycles. The fourth-order valence-electron chi connectivity index (χ4n) is 3.65. The molecule has 1 saturated heterocycles. The number of hydrogen-bond acceptors (Lipinski definition) is 3. The van der Waals surface area contributed by atoms with Crippen LogP contribution in [0.3, 0.4) is 0 Å². The molecule has 0 radical (unpaired) electrons. The molecule has 24 heavy (non-hydrogen) atoms. The lowest BCUT2D eigenvalue weighted by Crippen LogP contribution is -2.24. The summed E-state index contributed by atoms with van der Waals surface area (Å²) in [5, 5.41) is 2.37. The lowest BCUT2D eigenvalue weighted by molar-refractivity contribution is 0.00732. The van der Waals surface area contributed by atoms with E-state index < -0.39 is 0 Å². The summed E-state index contributed by atoms with van der Waals surface area (Å²) < 4.78 is 13.1. The van der Waals surface area contributed by atoms with Crippen LogP contribution in [0.4, 0.5) is 0 Å². The summed E-state index contributed by atoms with van der Waals surface area (Å²) in [5.74, 6) is -0.303. The molecule has 0 amide bonds. The molecule has 1 atom stereocenters. The van der Waals surface area contributed by atoms with Gasteiger partial charge in [0.15, 0.2) is 0 Å². The minimum Gasteiger partial charge on any atom is -0.465 e. The number of carbonyl (C=O) groups excluding carboxylic acids is 1. The minimum absolute atomic E-state index is 0.236. The maximum atomic E-state index is 11.9. The molecular formula is C20H21NO3. The fraction of sp³-hybridized carbons (Fsp3) is 0.350. The lowest BCUT2D eigenvalue weighted by Gasteiger charge is -2.24. The number of carbonyl (C=O) groups is 1. The van der Waals surface area contributed by atoms with Gasteiger partial charge in [0, 0.05) is 29.4 Å². The highest BCUT2D eigenvalue weighted by Crippen LogP contribution is 2.31. The summed E-state index contributed by atoms with van der Waals surface area (Å²) in [5.41, 5.74) is 2.83. The number of fused-ring (bicyclic) bond motifs is 3. The highest BCUT2D eigenvalue weighted by Gasteiger charge is 2.19. The van der Waals surface area contributed by atoms with Crippen molar-refractivity contribution in [3.05, 3.63) is 48.0 Å². The van der Waals surface area contributed by atoms with Gasteiger partial charge in [0.25, 0.3) is 0 Å². The Labute approximate surface area is 141 Å². The second kappa shape index (κ2) is 6.29. The minimum atomic E-state index is -0.303. The molecule has 2 heterocycles. The average Bonchev–Trinajstić information content (AvgIpc) is 2.95. The van der Waals surface area contributed by atoms with Crippen molar-refractivity contribution in [2.75, 3.05) is 13.7 Å². The van der Waals surface area contributed by atoms with Gasteiger partial charge in [-0.15, -0.1) is 0 Å². The van der Waals surface area contributed by atoms with E-state index in [0.29, 0.717) is 5.56 Å². The van der Waals surface area contributed by atoms with Crippen LogP contribution in [0.5, 0.6) is 0 Å². The first kappa shape index (κ1) is 15.2. The van der Waals surface area contributed by atoms with Crippen LogP contribution in [0.25, 0.3) is 21.8 Å². The number of hydrogen-bond donors (Lipinski definition) is 0. The van der Waals surface area contributed by atoms with Crippen molar-refractivity contribution < 1.29 is 14.3 Å². The molecule has 4 rings (SSSR count). The van der Waals surface area contributed by atoms with Crippen molar-refractivity contribution in [3.63, 3.8) is 0 Å². The Kier molecular flexibility index (Phi) is 3.98. The summed E-state index contributed by atoms with van der Waals surface area (Å²) in [6.45, 7) is 1.66. The summed E-state index contributed by atoms with van der Waals surface area (Å²) >= 11 is 0. The number of para-hydroxylation sites is 1. The van der Waals surface area contributed by atoms with E-state index in [9.17, 15) is 4.79 Å². The van der Waals surface area contributed by atoms with Gasteiger partial charge in [0.05, 0.1) is 24.3 Å². The van der Waals surface area contributed by atoms with Gasteiger partial charge in [-0.25, -0.2) is 4.79 Å². The number of benzene rings is 2. The number of rotatable bonds is 3. The van der Waals surface area contributed by atoms with Gasteiger partial charge in [-0.3, -0.25) is 0 Å². The topological polar surface area (TPSA) is 40.5 Å². The normalized spacial score (nSPS) is 18.1. The first-order valence-electron chi connectivity index (χ1n) is 8.49. The van der Waals surface area contributed by atoms with Crippen molar-refractivity contribution in [1.29, 1.82) is 0 Å². The van der Waals surface area contributed by atoms with Crippen LogP contribution in [-0.2, 0) is 16.0 Å². The molecule has 2 aromatic carbocycles. The monoisotopic (exact) mass is 323 g/mol. The van der Waals surface area contributed by atoms with E-state index in [-0.39, 0.29) is 12.1 Å². The van der Waals surface area contributed by atoms with Gasteiger partial charge in [0.2, 0.25) is 0 Å². The number of methoxy groups -OCH3 is 1. The molecule has 124 valence electrons. The molecule has 1 aliphatic rings. The molecule has 4 nitrogen and oxygen atoms in total. The van der Waals surface area contributed by atoms with Crippen molar-refractivity contribution in [3.8, 4) is 0 Å². The zero-order valence-electron chi connectivity index (χ0n) is 13.8. The molecule has 0 bridgehead atoms. The fourth-order valence-corrected chi connectivity index (χ4v) is 3.65. The van der Waals surface area contributed by atoms with E-state index in [1.807, 2.05) is 18.2 Å². The van der Waals surface area contributed by atoms with E-state index in [0.717, 1.165) is 36.9 Å². The van der Waals surface area contributed by atoms with E-state index in [4.69, 9.17) is 9.47 Å². The van der Waals surface area contributed by atoms with Crippen molar-refractivity contribution in [2.45, 2.75) is 31.9 Å². The Morgan fingerprint density at radius 2 is 2.00 bits per heavy atom. The predicted octanol–water partition coefficient (Wildman–Crippen LogP) is 4.15. The molecule has 0 saturated carbocycles. The van der Waals surface area contributed by atoms with E-state index in [1.165, 1.54) is 24.4 Å². The Bertz CT molecular complexity index is 890. The van der Waals surface area contributed by atoms with Gasteiger partial charge in [-0.05, 0) is 37.5 Å². The first-order chi connectivity index (χ1) is 11.8. The quantitative estimate of drug-likeness (QED) is 0.680. The highest BCUT2D eigenvalue weighted by molar-refractivity contribution is 6.09. The summed E-state index contributed by atoms with van der Waals surface area (Å²) in [6, 6.07) is 14.2. The maximum absolute atomic E-state index is 11.9. The first-order valence-corrected chi connectivity index (χ1v) is 8.49. The van der Waals surface area contributed by atoms with Gasteiger partial charge in [-0.1, -0.05) is 24.3 Å². The zero-order valence-corrected chi connectivity index (χ0v) is 13.8. The summed E-state index contributed by atoms with van der Waals surface area (Å²) in [4.78, 5) is 11.9. The SMILES string of the molecule is COC(=O)c1ccc2c3ccccc3n(CC3CCCCO3)c2c1. The smallest absolute Gasteiger partial charge is 0.337 e. The average molecular weight is 323 g/mol. The van der Waals surface area contributed by atoms with E-state index >= 15 is 0 Å². The number of nitrogens with zero attached hydrogens (tertiary/aromatic N) is 1. The third-order valence-electron chi connectivity index (χ3n) is 4.85. The molecule has 1 unspecified atom stereocenters. The molecular weight excluding hydrogens is 302 g/mol. The Morgan fingerprint density at radius 3 is 2.79 bits per heavy atom. The van der Waals surface area contributed by atoms with Gasteiger partial charge < -0.3 is 14.0 Å². The number of aromatic nitrogens is 1. The highest BCUT2D eigenvalue weighted by atomic mass is 16.5. The van der Waals surface area contributed by atoms with Crippen LogP contribution in [0.15, 0.2) is 42.5 Å². The van der Waals surface area contributed by atoms with Gasteiger partial charge in [0.1, 0.15) is 0 Å². The maximum Gasteiger partial charge on any atom is 0.337 e. The van der Waals surface area contributed by atoms with Crippen LogP contribution in [0.1, 0.15) is 29.6 Å². The summed E-state index contributed by atoms with van der Waals surface area (Å²) in [7, 11) is 1.41.